The number of hydrogen-bond acceptors (Lipinski definition) is 4. The van der Waals surface area contributed by atoms with Crippen LogP contribution in [0.4, 0.5) is 0 Å². The molecule has 2 atom stereocenters. The summed E-state index contributed by atoms with van der Waals surface area (Å²) in [5.74, 6) is -0.971. The Hall–Kier alpha value is -5.18. The monoisotopic (exact) mass is 532 g/mol. The maximum Gasteiger partial charge on any atom is 0.266 e. The minimum Gasteiger partial charge on any atom is -0.361 e. The Kier molecular flexibility index (Phi) is 6.39. The largest absolute Gasteiger partial charge is 0.361 e. The fraction of sp³-hybridized carbons (Fsp3) is 0.161. The standard InChI is InChI=1S/C31H28N6O3/c1-18-11-13-20(14-12-18)29-35-30(39)28(24-17-33-26-10-6-4-8-23(24)26)37(36-29)31(40)27(34-19(2)38)15-21-16-32-25-9-5-3-7-22(21)25/h3-14,16-17,27-28,32-33H,15H2,1-2H3,(H,34,38)(H,35,36,39)/t27-,28-/m1/s1. The summed E-state index contributed by atoms with van der Waals surface area (Å²) in [4.78, 5) is 46.8. The second-order valence-corrected chi connectivity index (χ2v) is 10.00. The van der Waals surface area contributed by atoms with E-state index in [0.717, 1.165) is 32.9 Å². The molecule has 200 valence electrons. The lowest BCUT2D eigenvalue weighted by Gasteiger charge is -2.34. The summed E-state index contributed by atoms with van der Waals surface area (Å²) in [5.41, 5.74) is 4.98. The average molecular weight is 533 g/mol. The molecule has 0 unspecified atom stereocenters. The van der Waals surface area contributed by atoms with Gasteiger partial charge in [-0.2, -0.15) is 5.10 Å². The van der Waals surface area contributed by atoms with E-state index >= 15 is 0 Å². The number of nitrogens with one attached hydrogen (secondary N) is 4. The summed E-state index contributed by atoms with van der Waals surface area (Å²) in [6, 6.07) is 20.9. The Morgan fingerprint density at radius 3 is 2.30 bits per heavy atom. The minimum absolute atomic E-state index is 0.219. The van der Waals surface area contributed by atoms with Crippen molar-refractivity contribution in [3.63, 3.8) is 0 Å². The van der Waals surface area contributed by atoms with Crippen LogP contribution in [0.2, 0.25) is 0 Å². The maximum absolute atomic E-state index is 14.3. The number of aromatic amines is 2. The van der Waals surface area contributed by atoms with E-state index < -0.39 is 23.9 Å². The Bertz CT molecular complexity index is 1780. The molecular weight excluding hydrogens is 504 g/mol. The lowest BCUT2D eigenvalue weighted by molar-refractivity contribution is -0.144. The smallest absolute Gasteiger partial charge is 0.266 e. The number of benzene rings is 3. The highest BCUT2D eigenvalue weighted by Crippen LogP contribution is 2.32. The number of carbonyl (C=O) groups excluding carboxylic acids is 3. The van der Waals surface area contributed by atoms with E-state index in [1.165, 1.54) is 11.9 Å². The van der Waals surface area contributed by atoms with E-state index in [0.29, 0.717) is 11.1 Å². The molecule has 9 nitrogen and oxygen atoms in total. The first-order chi connectivity index (χ1) is 19.4. The van der Waals surface area contributed by atoms with E-state index in [9.17, 15) is 14.4 Å². The van der Waals surface area contributed by atoms with Gasteiger partial charge in [-0.1, -0.05) is 66.2 Å². The molecule has 6 rings (SSSR count). The Morgan fingerprint density at radius 1 is 0.925 bits per heavy atom. The predicted molar refractivity (Wildman–Crippen MR) is 153 cm³/mol. The summed E-state index contributed by atoms with van der Waals surface area (Å²) in [6.45, 7) is 3.34. The lowest BCUT2D eigenvalue weighted by Crippen LogP contribution is -2.55. The zero-order chi connectivity index (χ0) is 27.8. The number of hydrogen-bond donors (Lipinski definition) is 4. The van der Waals surface area contributed by atoms with Crippen molar-refractivity contribution in [2.45, 2.75) is 32.4 Å². The molecule has 2 aromatic heterocycles. The number of H-pyrrole nitrogens is 2. The molecule has 3 aromatic carbocycles. The number of para-hydroxylation sites is 2. The summed E-state index contributed by atoms with van der Waals surface area (Å²) in [7, 11) is 0. The van der Waals surface area contributed by atoms with Gasteiger partial charge in [-0.3, -0.25) is 14.4 Å². The normalized spacial score (nSPS) is 16.1. The number of fused-ring (bicyclic) bond motifs is 2. The van der Waals surface area contributed by atoms with Gasteiger partial charge in [0.05, 0.1) is 0 Å². The number of amides is 3. The summed E-state index contributed by atoms with van der Waals surface area (Å²) >= 11 is 0. The van der Waals surface area contributed by atoms with E-state index in [4.69, 9.17) is 5.10 Å². The van der Waals surface area contributed by atoms with Crippen LogP contribution in [0.1, 0.15) is 35.2 Å². The molecule has 4 N–H and O–H groups in total. The number of aryl methyl sites for hydroxylation is 1. The van der Waals surface area contributed by atoms with Gasteiger partial charge >= 0.3 is 0 Å². The van der Waals surface area contributed by atoms with Crippen LogP contribution in [0.5, 0.6) is 0 Å². The van der Waals surface area contributed by atoms with Crippen LogP contribution in [0, 0.1) is 6.92 Å². The van der Waals surface area contributed by atoms with Gasteiger partial charge in [0.25, 0.3) is 11.8 Å². The molecule has 0 saturated carbocycles. The molecule has 5 aromatic rings. The molecule has 0 radical (unpaired) electrons. The highest BCUT2D eigenvalue weighted by Gasteiger charge is 2.40. The van der Waals surface area contributed by atoms with Crippen molar-refractivity contribution in [3.8, 4) is 0 Å². The zero-order valence-corrected chi connectivity index (χ0v) is 22.1. The zero-order valence-electron chi connectivity index (χ0n) is 22.1. The van der Waals surface area contributed by atoms with Crippen molar-refractivity contribution in [1.29, 1.82) is 0 Å². The molecule has 0 bridgehead atoms. The third kappa shape index (κ3) is 4.62. The van der Waals surface area contributed by atoms with Crippen LogP contribution in [-0.2, 0) is 20.8 Å². The topological polar surface area (TPSA) is 122 Å². The van der Waals surface area contributed by atoms with Gasteiger partial charge in [0, 0.05) is 58.7 Å². The molecule has 0 aliphatic carbocycles. The van der Waals surface area contributed by atoms with Crippen LogP contribution in [0.15, 0.2) is 90.3 Å². The minimum atomic E-state index is -1.04. The van der Waals surface area contributed by atoms with Gasteiger partial charge in [0.2, 0.25) is 5.91 Å². The van der Waals surface area contributed by atoms with Crippen LogP contribution in [-0.4, -0.2) is 44.6 Å². The quantitative estimate of drug-likeness (QED) is 0.264. The number of amidine groups is 1. The third-order valence-corrected chi connectivity index (χ3v) is 7.18. The van der Waals surface area contributed by atoms with Crippen molar-refractivity contribution >= 4 is 45.4 Å². The number of nitrogens with zero attached hydrogens (tertiary/aromatic N) is 2. The highest BCUT2D eigenvalue weighted by atomic mass is 16.2. The molecule has 0 spiro atoms. The number of carbonyl (C=O) groups is 3. The fourth-order valence-electron chi connectivity index (χ4n) is 5.22. The molecule has 40 heavy (non-hydrogen) atoms. The second-order valence-electron chi connectivity index (χ2n) is 10.00. The lowest BCUT2D eigenvalue weighted by atomic mass is 10.00. The SMILES string of the molecule is CC(=O)N[C@H](Cc1c[nH]c2ccccc12)C(=O)N1N=C(c2ccc(C)cc2)NC(=O)[C@H]1c1c[nH]c2ccccc12. The molecule has 9 heteroatoms. The molecule has 0 saturated heterocycles. The summed E-state index contributed by atoms with van der Waals surface area (Å²) in [5, 5.41) is 13.4. The highest BCUT2D eigenvalue weighted by molar-refractivity contribution is 6.12. The number of hydrazone groups is 1. The summed E-state index contributed by atoms with van der Waals surface area (Å²) < 4.78 is 0. The van der Waals surface area contributed by atoms with Gasteiger partial charge in [0.1, 0.15) is 6.04 Å². The van der Waals surface area contributed by atoms with Crippen molar-refractivity contribution < 1.29 is 14.4 Å². The van der Waals surface area contributed by atoms with Gasteiger partial charge in [-0.15, -0.1) is 0 Å². The Balaban J connectivity index is 1.45. The van der Waals surface area contributed by atoms with Crippen LogP contribution in [0.25, 0.3) is 21.8 Å². The first-order valence-electron chi connectivity index (χ1n) is 13.1. The van der Waals surface area contributed by atoms with Gasteiger partial charge in [0.15, 0.2) is 11.9 Å². The average Bonchev–Trinajstić information content (AvgIpc) is 3.56. The predicted octanol–water partition coefficient (Wildman–Crippen LogP) is 4.07. The molecule has 3 amide bonds. The van der Waals surface area contributed by atoms with E-state index in [2.05, 4.69) is 20.6 Å². The van der Waals surface area contributed by atoms with Crippen LogP contribution >= 0.6 is 0 Å². The molecule has 3 heterocycles. The van der Waals surface area contributed by atoms with E-state index in [-0.39, 0.29) is 18.2 Å². The first kappa shape index (κ1) is 25.1. The van der Waals surface area contributed by atoms with Crippen molar-refractivity contribution in [2.24, 2.45) is 5.10 Å². The molecule has 1 aliphatic rings. The Morgan fingerprint density at radius 2 is 1.57 bits per heavy atom. The molecular formula is C31H28N6O3. The second kappa shape index (κ2) is 10.2. The maximum atomic E-state index is 14.3. The molecule has 0 fully saturated rings. The fourth-order valence-corrected chi connectivity index (χ4v) is 5.22. The van der Waals surface area contributed by atoms with Crippen LogP contribution < -0.4 is 10.6 Å². The van der Waals surface area contributed by atoms with E-state index in [1.807, 2.05) is 85.9 Å². The molecule has 1 aliphatic heterocycles. The van der Waals surface area contributed by atoms with Crippen molar-refractivity contribution in [3.05, 3.63) is 107 Å². The first-order valence-corrected chi connectivity index (χ1v) is 13.1. The van der Waals surface area contributed by atoms with Crippen molar-refractivity contribution in [1.82, 2.24) is 25.6 Å². The summed E-state index contributed by atoms with van der Waals surface area (Å²) in [6.07, 6.45) is 3.79. The number of rotatable bonds is 6. The van der Waals surface area contributed by atoms with Crippen molar-refractivity contribution in [2.75, 3.05) is 0 Å². The number of aromatic nitrogens is 2. The Labute approximate surface area is 230 Å². The third-order valence-electron chi connectivity index (χ3n) is 7.18. The van der Waals surface area contributed by atoms with Gasteiger partial charge in [-0.25, -0.2) is 5.01 Å². The van der Waals surface area contributed by atoms with Gasteiger partial charge < -0.3 is 20.6 Å². The van der Waals surface area contributed by atoms with Crippen LogP contribution in [0.3, 0.4) is 0 Å². The van der Waals surface area contributed by atoms with Gasteiger partial charge in [-0.05, 0) is 24.6 Å². The van der Waals surface area contributed by atoms with E-state index in [1.54, 1.807) is 6.20 Å².